The third-order valence-electron chi connectivity index (χ3n) is 2.41. The molecule has 20 heavy (non-hydrogen) atoms. The predicted molar refractivity (Wildman–Crippen MR) is 77.9 cm³/mol. The second-order valence-corrected chi connectivity index (χ2v) is 4.98. The Balaban J connectivity index is 3.39. The number of allylic oxidation sites excluding steroid dienone is 1. The normalized spacial score (nSPS) is 11.8. The molecule has 1 aromatic rings. The Morgan fingerprint density at radius 3 is 2.60 bits per heavy atom. The SMILES string of the molecule is CCOC(CC)=C(C(=O)O)C(=O)c1cc(Br)cnc1Cl. The number of rotatable bonds is 6. The highest BCUT2D eigenvalue weighted by Crippen LogP contribution is 2.23. The van der Waals surface area contributed by atoms with Crippen LogP contribution in [0.15, 0.2) is 28.1 Å². The first-order valence-electron chi connectivity index (χ1n) is 5.87. The molecule has 0 radical (unpaired) electrons. The minimum absolute atomic E-state index is 0.0177. The second-order valence-electron chi connectivity index (χ2n) is 3.71. The zero-order chi connectivity index (χ0) is 15.3. The highest BCUT2D eigenvalue weighted by Gasteiger charge is 2.26. The third kappa shape index (κ3) is 3.80. The molecule has 0 amide bonds. The summed E-state index contributed by atoms with van der Waals surface area (Å²) >= 11 is 9.02. The Morgan fingerprint density at radius 2 is 2.10 bits per heavy atom. The number of hydrogen-bond donors (Lipinski definition) is 1. The van der Waals surface area contributed by atoms with Gasteiger partial charge >= 0.3 is 5.97 Å². The van der Waals surface area contributed by atoms with Crippen LogP contribution in [0.3, 0.4) is 0 Å². The lowest BCUT2D eigenvalue weighted by Gasteiger charge is -2.11. The highest BCUT2D eigenvalue weighted by atomic mass is 79.9. The van der Waals surface area contributed by atoms with Crippen LogP contribution in [0.1, 0.15) is 30.6 Å². The Morgan fingerprint density at radius 1 is 1.45 bits per heavy atom. The van der Waals surface area contributed by atoms with Crippen molar-refractivity contribution in [3.63, 3.8) is 0 Å². The Labute approximate surface area is 129 Å². The first kappa shape index (κ1) is 16.7. The lowest BCUT2D eigenvalue weighted by Crippen LogP contribution is -2.17. The fourth-order valence-electron chi connectivity index (χ4n) is 1.58. The van der Waals surface area contributed by atoms with E-state index in [0.717, 1.165) is 0 Å². The van der Waals surface area contributed by atoms with Crippen LogP contribution in [0.5, 0.6) is 0 Å². The summed E-state index contributed by atoms with van der Waals surface area (Å²) in [6.07, 6.45) is 1.72. The molecular weight excluding hydrogens is 350 g/mol. The molecule has 1 rings (SSSR count). The topological polar surface area (TPSA) is 76.5 Å². The van der Waals surface area contributed by atoms with Crippen molar-refractivity contribution in [1.29, 1.82) is 0 Å². The van der Waals surface area contributed by atoms with Gasteiger partial charge < -0.3 is 9.84 Å². The average Bonchev–Trinajstić information content (AvgIpc) is 2.40. The van der Waals surface area contributed by atoms with Gasteiger partial charge in [0.05, 0.1) is 12.2 Å². The maximum Gasteiger partial charge on any atom is 0.343 e. The summed E-state index contributed by atoms with van der Waals surface area (Å²) in [5.74, 6) is -1.95. The fraction of sp³-hybridized carbons (Fsp3) is 0.308. The van der Waals surface area contributed by atoms with Crippen molar-refractivity contribution in [3.05, 3.63) is 38.8 Å². The molecule has 0 aromatic carbocycles. The summed E-state index contributed by atoms with van der Waals surface area (Å²) in [5.41, 5.74) is -0.403. The smallest absolute Gasteiger partial charge is 0.343 e. The minimum Gasteiger partial charge on any atom is -0.497 e. The number of nitrogens with zero attached hydrogens (tertiary/aromatic N) is 1. The molecule has 0 bridgehead atoms. The van der Waals surface area contributed by atoms with Gasteiger partial charge in [0, 0.05) is 17.1 Å². The number of carbonyl (C=O) groups excluding carboxylic acids is 1. The van der Waals surface area contributed by atoms with E-state index >= 15 is 0 Å². The van der Waals surface area contributed by atoms with Gasteiger partial charge in [0.1, 0.15) is 16.5 Å². The largest absolute Gasteiger partial charge is 0.497 e. The number of ether oxygens (including phenoxy) is 1. The van der Waals surface area contributed by atoms with Gasteiger partial charge in [-0.1, -0.05) is 18.5 Å². The summed E-state index contributed by atoms with van der Waals surface area (Å²) in [6, 6.07) is 1.43. The number of hydrogen-bond acceptors (Lipinski definition) is 4. The van der Waals surface area contributed by atoms with Crippen LogP contribution >= 0.6 is 27.5 Å². The van der Waals surface area contributed by atoms with Crippen LogP contribution in [0.4, 0.5) is 0 Å². The molecule has 5 nitrogen and oxygen atoms in total. The van der Waals surface area contributed by atoms with E-state index in [0.29, 0.717) is 10.9 Å². The van der Waals surface area contributed by atoms with E-state index in [1.165, 1.54) is 12.3 Å². The average molecular weight is 363 g/mol. The molecule has 0 aliphatic rings. The number of aromatic nitrogens is 1. The van der Waals surface area contributed by atoms with E-state index in [4.69, 9.17) is 16.3 Å². The molecule has 0 fully saturated rings. The van der Waals surface area contributed by atoms with E-state index in [9.17, 15) is 14.7 Å². The predicted octanol–water partition coefficient (Wildman–Crippen LogP) is 3.47. The summed E-state index contributed by atoms with van der Waals surface area (Å²) in [5, 5.41) is 9.21. The van der Waals surface area contributed by atoms with Crippen molar-refractivity contribution in [3.8, 4) is 0 Å². The molecule has 0 atom stereocenters. The van der Waals surface area contributed by atoms with Gasteiger partial charge in [0.2, 0.25) is 5.78 Å². The van der Waals surface area contributed by atoms with E-state index in [-0.39, 0.29) is 23.1 Å². The number of aliphatic carboxylic acids is 1. The van der Waals surface area contributed by atoms with Gasteiger partial charge in [-0.05, 0) is 28.9 Å². The molecule has 0 aliphatic heterocycles. The molecule has 108 valence electrons. The number of pyridine rings is 1. The number of Topliss-reactive ketones (excluding diaryl/α,β-unsaturated/α-hetero) is 1. The molecule has 1 heterocycles. The molecule has 0 aliphatic carbocycles. The van der Waals surface area contributed by atoms with Crippen LogP contribution in [0.2, 0.25) is 5.15 Å². The fourth-order valence-corrected chi connectivity index (χ4v) is 2.11. The quantitative estimate of drug-likeness (QED) is 0.209. The molecule has 0 unspecified atom stereocenters. The van der Waals surface area contributed by atoms with Gasteiger partial charge in [0.25, 0.3) is 0 Å². The van der Waals surface area contributed by atoms with E-state index in [2.05, 4.69) is 20.9 Å². The maximum absolute atomic E-state index is 12.4. The number of ketones is 1. The van der Waals surface area contributed by atoms with Gasteiger partial charge in [-0.25, -0.2) is 9.78 Å². The van der Waals surface area contributed by atoms with Gasteiger partial charge in [-0.15, -0.1) is 0 Å². The summed E-state index contributed by atoms with van der Waals surface area (Å²) < 4.78 is 5.76. The van der Waals surface area contributed by atoms with Crippen LogP contribution in [-0.2, 0) is 9.53 Å². The number of carboxylic acids is 1. The molecule has 0 saturated carbocycles. The number of halogens is 2. The van der Waals surface area contributed by atoms with Gasteiger partial charge in [-0.3, -0.25) is 4.79 Å². The molecule has 0 spiro atoms. The van der Waals surface area contributed by atoms with Gasteiger partial charge in [0.15, 0.2) is 0 Å². The summed E-state index contributed by atoms with van der Waals surface area (Å²) in [4.78, 5) is 27.5. The highest BCUT2D eigenvalue weighted by molar-refractivity contribution is 9.10. The molecule has 7 heteroatoms. The van der Waals surface area contributed by atoms with Crippen LogP contribution in [0, 0.1) is 0 Å². The second kappa shape index (κ2) is 7.40. The van der Waals surface area contributed by atoms with Crippen molar-refractivity contribution < 1.29 is 19.4 Å². The lowest BCUT2D eigenvalue weighted by molar-refractivity contribution is -0.132. The Hall–Kier alpha value is -1.40. The zero-order valence-corrected chi connectivity index (χ0v) is 13.3. The molecule has 1 N–H and O–H groups in total. The summed E-state index contributed by atoms with van der Waals surface area (Å²) in [7, 11) is 0. The molecule has 1 aromatic heterocycles. The monoisotopic (exact) mass is 361 g/mol. The maximum atomic E-state index is 12.4. The Bertz CT molecular complexity index is 571. The summed E-state index contributed by atoms with van der Waals surface area (Å²) in [6.45, 7) is 3.70. The third-order valence-corrected chi connectivity index (χ3v) is 3.14. The minimum atomic E-state index is -1.35. The van der Waals surface area contributed by atoms with Crippen molar-refractivity contribution in [2.24, 2.45) is 0 Å². The van der Waals surface area contributed by atoms with Crippen molar-refractivity contribution in [2.45, 2.75) is 20.3 Å². The zero-order valence-electron chi connectivity index (χ0n) is 10.9. The van der Waals surface area contributed by atoms with Crippen LogP contribution in [-0.4, -0.2) is 28.4 Å². The molecular formula is C13H13BrClNO4. The lowest BCUT2D eigenvalue weighted by atomic mass is 10.0. The number of carbonyl (C=O) groups is 2. The number of carboxylic acid groups (broad SMARTS) is 1. The van der Waals surface area contributed by atoms with E-state index in [1.807, 2.05) is 0 Å². The van der Waals surface area contributed by atoms with Crippen molar-refractivity contribution in [2.75, 3.05) is 6.61 Å². The van der Waals surface area contributed by atoms with Crippen LogP contribution < -0.4 is 0 Å². The van der Waals surface area contributed by atoms with Crippen LogP contribution in [0.25, 0.3) is 0 Å². The molecule has 0 saturated heterocycles. The van der Waals surface area contributed by atoms with Crippen molar-refractivity contribution in [1.82, 2.24) is 4.98 Å². The Kier molecular flexibility index (Phi) is 6.16. The standard InChI is InChI=1S/C13H13BrClNO4/c1-3-9(20-4-2)10(13(18)19)11(17)8-5-7(14)6-16-12(8)15/h5-6H,3-4H2,1-2H3,(H,18,19). The van der Waals surface area contributed by atoms with Crippen molar-refractivity contribution >= 4 is 39.3 Å². The first-order valence-corrected chi connectivity index (χ1v) is 7.04. The van der Waals surface area contributed by atoms with E-state index in [1.54, 1.807) is 13.8 Å². The van der Waals surface area contributed by atoms with Gasteiger partial charge in [-0.2, -0.15) is 0 Å². The first-order chi connectivity index (χ1) is 9.42. The van der Waals surface area contributed by atoms with E-state index < -0.39 is 17.3 Å².